The van der Waals surface area contributed by atoms with Crippen LogP contribution in [0.3, 0.4) is 0 Å². The third-order valence-corrected chi connectivity index (χ3v) is 5.06. The molecule has 1 fully saturated rings. The highest BCUT2D eigenvalue weighted by Crippen LogP contribution is 2.37. The van der Waals surface area contributed by atoms with Gasteiger partial charge in [-0.2, -0.15) is 13.5 Å². The second-order valence-electron chi connectivity index (χ2n) is 6.44. The van der Waals surface area contributed by atoms with Crippen LogP contribution in [0.25, 0.3) is 5.52 Å². The van der Waals surface area contributed by atoms with E-state index in [2.05, 4.69) is 9.46 Å². The minimum Gasteiger partial charge on any atom is -0.364 e. The van der Waals surface area contributed by atoms with Crippen molar-refractivity contribution in [3.05, 3.63) is 65.5 Å². The van der Waals surface area contributed by atoms with Crippen molar-refractivity contribution in [1.29, 1.82) is 0 Å². The predicted octanol–water partition coefficient (Wildman–Crippen LogP) is 3.16. The summed E-state index contributed by atoms with van der Waals surface area (Å²) in [5.74, 6) is -2.17. The molecule has 144 valence electrons. The largest absolute Gasteiger partial charge is 0.364 e. The molecule has 1 aliphatic rings. The smallest absolute Gasteiger partial charge is 0.319 e. The Morgan fingerprint density at radius 3 is 2.64 bits per heavy atom. The highest BCUT2D eigenvalue weighted by Gasteiger charge is 2.27. The topological polar surface area (TPSA) is 84.1 Å². The van der Waals surface area contributed by atoms with Gasteiger partial charge in [-0.05, 0) is 42.7 Å². The van der Waals surface area contributed by atoms with E-state index in [4.69, 9.17) is 0 Å². The van der Waals surface area contributed by atoms with Gasteiger partial charge in [0.25, 0.3) is 5.91 Å². The van der Waals surface area contributed by atoms with Crippen LogP contribution in [0.1, 0.15) is 34.8 Å². The van der Waals surface area contributed by atoms with E-state index in [1.807, 2.05) is 4.90 Å². The van der Waals surface area contributed by atoms with Crippen LogP contribution >= 0.6 is 0 Å². The Morgan fingerprint density at radius 2 is 1.93 bits per heavy atom. The lowest BCUT2D eigenvalue weighted by atomic mass is 10.0. The van der Waals surface area contributed by atoms with Crippen LogP contribution in [-0.2, 0) is 10.5 Å². The summed E-state index contributed by atoms with van der Waals surface area (Å²) in [7, 11) is -2.86. The Morgan fingerprint density at radius 1 is 1.18 bits per heavy atom. The zero-order valence-electron chi connectivity index (χ0n) is 14.4. The van der Waals surface area contributed by atoms with Gasteiger partial charge in [0.2, 0.25) is 0 Å². The number of carbonyl (C=O) groups is 1. The Hall–Kier alpha value is -3.14. The first kappa shape index (κ1) is 18.2. The van der Waals surface area contributed by atoms with E-state index in [9.17, 15) is 22.0 Å². The molecule has 1 aromatic carbocycles. The molecule has 28 heavy (non-hydrogen) atoms. The second kappa shape index (κ2) is 7.12. The Balaban J connectivity index is 1.75. The van der Waals surface area contributed by atoms with Crippen molar-refractivity contribution in [2.75, 3.05) is 11.4 Å². The van der Waals surface area contributed by atoms with E-state index in [1.54, 1.807) is 18.3 Å². The summed E-state index contributed by atoms with van der Waals surface area (Å²) in [6, 6.07) is 6.74. The van der Waals surface area contributed by atoms with Gasteiger partial charge in [0.05, 0.1) is 23.3 Å². The van der Waals surface area contributed by atoms with Crippen LogP contribution in [-0.4, -0.2) is 30.5 Å². The van der Waals surface area contributed by atoms with Crippen LogP contribution in [0.5, 0.6) is 0 Å². The van der Waals surface area contributed by atoms with Crippen LogP contribution in [0.15, 0.2) is 47.1 Å². The molecule has 0 radical (unpaired) electrons. The number of hydrogen-bond acceptors (Lipinski definition) is 5. The molecule has 0 bridgehead atoms. The van der Waals surface area contributed by atoms with Gasteiger partial charge in [0.1, 0.15) is 11.6 Å². The molecule has 4 rings (SSSR count). The van der Waals surface area contributed by atoms with E-state index >= 15 is 0 Å². The highest BCUT2D eigenvalue weighted by molar-refractivity contribution is 7.62. The van der Waals surface area contributed by atoms with Crippen molar-refractivity contribution < 1.29 is 22.0 Å². The summed E-state index contributed by atoms with van der Waals surface area (Å²) in [5.41, 5.74) is 1.72. The molecular weight excluding hydrogens is 390 g/mol. The van der Waals surface area contributed by atoms with Crippen LogP contribution in [0.4, 0.5) is 14.5 Å². The second-order valence-corrected chi connectivity index (χ2v) is 7.06. The van der Waals surface area contributed by atoms with E-state index < -0.39 is 28.0 Å². The SMILES string of the molecule is O=C(N=S(=O)=O)c1cnn2ccc(N3CCCC3c3cc(F)cc(F)c3)cc12. The summed E-state index contributed by atoms with van der Waals surface area (Å²) in [6.07, 6.45) is 4.45. The maximum atomic E-state index is 13.7. The molecule has 1 amide bonds. The summed E-state index contributed by atoms with van der Waals surface area (Å²) >= 11 is 0. The average molecular weight is 404 g/mol. The van der Waals surface area contributed by atoms with Crippen molar-refractivity contribution in [3.63, 3.8) is 0 Å². The van der Waals surface area contributed by atoms with Gasteiger partial charge in [-0.25, -0.2) is 13.3 Å². The molecule has 1 aliphatic heterocycles. The summed E-state index contributed by atoms with van der Waals surface area (Å²) in [5, 5.41) is 4.03. The van der Waals surface area contributed by atoms with Crippen molar-refractivity contribution in [2.24, 2.45) is 4.36 Å². The van der Waals surface area contributed by atoms with Gasteiger partial charge < -0.3 is 4.90 Å². The lowest BCUT2D eigenvalue weighted by Gasteiger charge is -2.27. The minimum atomic E-state index is -2.86. The quantitative estimate of drug-likeness (QED) is 0.670. The minimum absolute atomic E-state index is 0.0543. The first-order chi connectivity index (χ1) is 13.4. The predicted molar refractivity (Wildman–Crippen MR) is 96.5 cm³/mol. The number of anilines is 1. The molecule has 0 spiro atoms. The van der Waals surface area contributed by atoms with Gasteiger partial charge in [-0.3, -0.25) is 4.79 Å². The van der Waals surface area contributed by atoms with Gasteiger partial charge >= 0.3 is 10.5 Å². The third kappa shape index (κ3) is 3.38. The zero-order chi connectivity index (χ0) is 19.8. The lowest BCUT2D eigenvalue weighted by molar-refractivity contribution is 0.101. The number of fused-ring (bicyclic) bond motifs is 1. The highest BCUT2D eigenvalue weighted by atomic mass is 32.2. The van der Waals surface area contributed by atoms with E-state index in [1.165, 1.54) is 22.8 Å². The molecule has 10 heteroatoms. The summed E-state index contributed by atoms with van der Waals surface area (Å²) in [6.45, 7) is 0.672. The molecule has 3 heterocycles. The molecule has 1 saturated heterocycles. The number of carbonyl (C=O) groups excluding carboxylic acids is 1. The first-order valence-corrected chi connectivity index (χ1v) is 9.51. The molecule has 0 aliphatic carbocycles. The van der Waals surface area contributed by atoms with Crippen molar-refractivity contribution >= 4 is 27.6 Å². The Bertz CT molecular complexity index is 1190. The van der Waals surface area contributed by atoms with Gasteiger partial charge in [-0.15, -0.1) is 0 Å². The number of halogens is 2. The molecule has 2 aromatic heterocycles. The first-order valence-electron chi connectivity index (χ1n) is 8.48. The standard InChI is InChI=1S/C18H14F2N4O3S/c19-12-6-11(7-13(20)8-12)16-2-1-4-23(16)14-3-5-24-17(9-14)15(10-21-24)18(25)22-28(26)27/h3,5-10,16H,1-2,4H2. The number of rotatable bonds is 3. The molecule has 1 atom stereocenters. The van der Waals surface area contributed by atoms with Crippen LogP contribution in [0, 0.1) is 11.6 Å². The fraction of sp³-hybridized carbons (Fsp3) is 0.222. The van der Waals surface area contributed by atoms with Gasteiger partial charge in [0.15, 0.2) is 0 Å². The van der Waals surface area contributed by atoms with Crippen molar-refractivity contribution in [3.8, 4) is 0 Å². The number of benzene rings is 1. The number of amides is 1. The third-order valence-electron chi connectivity index (χ3n) is 4.75. The fourth-order valence-electron chi connectivity index (χ4n) is 3.62. The molecule has 7 nitrogen and oxygen atoms in total. The maximum Gasteiger partial charge on any atom is 0.319 e. The van der Waals surface area contributed by atoms with E-state index in [0.29, 0.717) is 17.6 Å². The number of nitrogens with zero attached hydrogens (tertiary/aromatic N) is 4. The number of hydrogen-bond donors (Lipinski definition) is 0. The molecule has 0 N–H and O–H groups in total. The van der Waals surface area contributed by atoms with E-state index in [-0.39, 0.29) is 11.6 Å². The molecule has 3 aromatic rings. The monoisotopic (exact) mass is 404 g/mol. The number of aromatic nitrogens is 2. The Labute approximate surface area is 159 Å². The van der Waals surface area contributed by atoms with Crippen molar-refractivity contribution in [2.45, 2.75) is 18.9 Å². The fourth-order valence-corrected chi connectivity index (χ4v) is 3.85. The molecule has 0 saturated carbocycles. The van der Waals surface area contributed by atoms with Crippen LogP contribution in [0.2, 0.25) is 0 Å². The zero-order valence-corrected chi connectivity index (χ0v) is 15.2. The molecular formula is C18H14F2N4O3S. The van der Waals surface area contributed by atoms with Crippen LogP contribution < -0.4 is 4.90 Å². The van der Waals surface area contributed by atoms with Crippen molar-refractivity contribution in [1.82, 2.24) is 9.61 Å². The number of pyridine rings is 1. The van der Waals surface area contributed by atoms with E-state index in [0.717, 1.165) is 24.6 Å². The van der Waals surface area contributed by atoms with Gasteiger partial charge in [-0.1, -0.05) is 4.36 Å². The van der Waals surface area contributed by atoms with Gasteiger partial charge in [0, 0.05) is 24.5 Å². The molecule has 1 unspecified atom stereocenters. The maximum absolute atomic E-state index is 13.7. The average Bonchev–Trinajstić information content (AvgIpc) is 3.26. The summed E-state index contributed by atoms with van der Waals surface area (Å²) in [4.78, 5) is 14.0. The normalized spacial score (nSPS) is 16.5. The lowest BCUT2D eigenvalue weighted by Crippen LogP contribution is -2.23. The summed E-state index contributed by atoms with van der Waals surface area (Å²) < 4.78 is 53.1. The Kier molecular flexibility index (Phi) is 4.63.